The van der Waals surface area contributed by atoms with Gasteiger partial charge in [0.2, 0.25) is 11.8 Å². The number of carbonyl (C=O) groups is 3. The number of nitrogens with one attached hydrogen (secondary N) is 3. The van der Waals surface area contributed by atoms with Crippen molar-refractivity contribution in [2.75, 3.05) is 13.2 Å². The van der Waals surface area contributed by atoms with Gasteiger partial charge < -0.3 is 14.8 Å². The van der Waals surface area contributed by atoms with Crippen LogP contribution in [0.3, 0.4) is 0 Å². The minimum atomic E-state index is -0.527. The van der Waals surface area contributed by atoms with Gasteiger partial charge in [-0.25, -0.2) is 0 Å². The fourth-order valence-electron chi connectivity index (χ4n) is 2.70. The van der Waals surface area contributed by atoms with E-state index < -0.39 is 17.9 Å². The van der Waals surface area contributed by atoms with Crippen molar-refractivity contribution in [3.05, 3.63) is 59.7 Å². The van der Waals surface area contributed by atoms with E-state index in [2.05, 4.69) is 16.2 Å². The molecule has 2 aromatic rings. The van der Waals surface area contributed by atoms with E-state index in [1.165, 1.54) is 6.92 Å². The Morgan fingerprint density at radius 1 is 0.900 bits per heavy atom. The van der Waals surface area contributed by atoms with Crippen LogP contribution in [0.4, 0.5) is 0 Å². The third-order valence-electron chi connectivity index (χ3n) is 4.10. The van der Waals surface area contributed by atoms with Crippen molar-refractivity contribution in [1.82, 2.24) is 16.2 Å². The highest BCUT2D eigenvalue weighted by Crippen LogP contribution is 2.26. The average molecular weight is 413 g/mol. The SMILES string of the molecule is CCOc1ccccc1OCC(=O)NNC(=O)CC(NC(C)=O)c1ccc(C)cc1. The largest absolute Gasteiger partial charge is 0.490 e. The first kappa shape index (κ1) is 22.7. The quantitative estimate of drug-likeness (QED) is 0.547. The standard InChI is InChI=1S/C22H27N3O5/c1-4-29-19-7-5-6-8-20(19)30-14-22(28)25-24-21(27)13-18(23-16(3)26)17-11-9-15(2)10-12-17/h5-12,18H,4,13-14H2,1-3H3,(H,23,26)(H,24,27)(H,25,28). The molecule has 0 aliphatic carbocycles. The van der Waals surface area contributed by atoms with Crippen molar-refractivity contribution in [2.45, 2.75) is 33.2 Å². The molecule has 0 aromatic heterocycles. The minimum absolute atomic E-state index is 0.0308. The van der Waals surface area contributed by atoms with Gasteiger partial charge in [-0.2, -0.15) is 0 Å². The predicted molar refractivity (Wildman–Crippen MR) is 112 cm³/mol. The van der Waals surface area contributed by atoms with Gasteiger partial charge in [-0.3, -0.25) is 25.2 Å². The number of aryl methyl sites for hydroxylation is 1. The normalized spacial score (nSPS) is 11.2. The second-order valence-corrected chi connectivity index (χ2v) is 6.63. The topological polar surface area (TPSA) is 106 Å². The Morgan fingerprint density at radius 3 is 2.10 bits per heavy atom. The molecule has 0 fully saturated rings. The third-order valence-corrected chi connectivity index (χ3v) is 4.10. The molecule has 1 unspecified atom stereocenters. The van der Waals surface area contributed by atoms with Gasteiger partial charge in [-0.1, -0.05) is 42.0 Å². The van der Waals surface area contributed by atoms with E-state index in [0.29, 0.717) is 18.1 Å². The molecule has 0 heterocycles. The molecular weight excluding hydrogens is 386 g/mol. The Bertz CT molecular complexity index is 867. The highest BCUT2D eigenvalue weighted by atomic mass is 16.5. The van der Waals surface area contributed by atoms with E-state index in [4.69, 9.17) is 9.47 Å². The van der Waals surface area contributed by atoms with Crippen LogP contribution in [-0.4, -0.2) is 30.9 Å². The van der Waals surface area contributed by atoms with E-state index in [1.807, 2.05) is 38.1 Å². The summed E-state index contributed by atoms with van der Waals surface area (Å²) in [6.07, 6.45) is -0.0308. The molecule has 0 aliphatic rings. The molecule has 160 valence electrons. The maximum atomic E-state index is 12.3. The zero-order valence-electron chi connectivity index (χ0n) is 17.4. The lowest BCUT2D eigenvalue weighted by Crippen LogP contribution is -2.45. The number of ether oxygens (including phenoxy) is 2. The summed E-state index contributed by atoms with van der Waals surface area (Å²) in [5.41, 5.74) is 6.52. The summed E-state index contributed by atoms with van der Waals surface area (Å²) in [6.45, 7) is 5.37. The number of carbonyl (C=O) groups excluding carboxylic acids is 3. The minimum Gasteiger partial charge on any atom is -0.490 e. The van der Waals surface area contributed by atoms with Crippen molar-refractivity contribution < 1.29 is 23.9 Å². The van der Waals surface area contributed by atoms with Gasteiger partial charge in [0, 0.05) is 6.92 Å². The summed E-state index contributed by atoms with van der Waals surface area (Å²) >= 11 is 0. The highest BCUT2D eigenvalue weighted by molar-refractivity contribution is 5.83. The van der Waals surface area contributed by atoms with Gasteiger partial charge in [0.15, 0.2) is 18.1 Å². The van der Waals surface area contributed by atoms with Gasteiger partial charge >= 0.3 is 0 Å². The first-order chi connectivity index (χ1) is 14.4. The van der Waals surface area contributed by atoms with Crippen LogP contribution < -0.4 is 25.6 Å². The number of amides is 3. The lowest BCUT2D eigenvalue weighted by atomic mass is 10.0. The average Bonchev–Trinajstić information content (AvgIpc) is 2.71. The number of para-hydroxylation sites is 2. The Kier molecular flexibility index (Phi) is 8.68. The molecule has 30 heavy (non-hydrogen) atoms. The van der Waals surface area contributed by atoms with E-state index in [0.717, 1.165) is 11.1 Å². The molecule has 1 atom stereocenters. The number of hydrogen-bond donors (Lipinski definition) is 3. The van der Waals surface area contributed by atoms with Crippen LogP contribution in [0.1, 0.15) is 37.4 Å². The molecule has 0 saturated carbocycles. The second kappa shape index (κ2) is 11.5. The lowest BCUT2D eigenvalue weighted by molar-refractivity contribution is -0.130. The fourth-order valence-corrected chi connectivity index (χ4v) is 2.70. The monoisotopic (exact) mass is 413 g/mol. The van der Waals surface area contributed by atoms with Gasteiger partial charge in [-0.15, -0.1) is 0 Å². The molecule has 0 aliphatic heterocycles. The predicted octanol–water partition coefficient (Wildman–Crippen LogP) is 2.19. The number of benzene rings is 2. The Morgan fingerprint density at radius 2 is 1.50 bits per heavy atom. The van der Waals surface area contributed by atoms with Crippen LogP contribution in [0, 0.1) is 6.92 Å². The molecule has 3 amide bonds. The molecule has 0 bridgehead atoms. The summed E-state index contributed by atoms with van der Waals surface area (Å²) in [5.74, 6) is -0.253. The number of hydrazine groups is 1. The van der Waals surface area contributed by atoms with Crippen LogP contribution in [0.2, 0.25) is 0 Å². The van der Waals surface area contributed by atoms with Gasteiger partial charge in [-0.05, 0) is 31.5 Å². The molecular formula is C22H27N3O5. The van der Waals surface area contributed by atoms with Crippen LogP contribution >= 0.6 is 0 Å². The van der Waals surface area contributed by atoms with E-state index in [-0.39, 0.29) is 18.9 Å². The summed E-state index contributed by atoms with van der Waals surface area (Å²) < 4.78 is 10.9. The van der Waals surface area contributed by atoms with Crippen molar-refractivity contribution in [2.24, 2.45) is 0 Å². The van der Waals surface area contributed by atoms with Gasteiger partial charge in [0.05, 0.1) is 19.1 Å². The van der Waals surface area contributed by atoms with Crippen molar-refractivity contribution >= 4 is 17.7 Å². The van der Waals surface area contributed by atoms with Crippen LogP contribution in [0.5, 0.6) is 11.5 Å². The number of rotatable bonds is 9. The molecule has 8 nitrogen and oxygen atoms in total. The molecule has 2 rings (SSSR count). The maximum Gasteiger partial charge on any atom is 0.276 e. The van der Waals surface area contributed by atoms with E-state index in [1.54, 1.807) is 24.3 Å². The number of hydrogen-bond acceptors (Lipinski definition) is 5. The highest BCUT2D eigenvalue weighted by Gasteiger charge is 2.17. The molecule has 8 heteroatoms. The van der Waals surface area contributed by atoms with Crippen LogP contribution in [-0.2, 0) is 14.4 Å². The molecule has 0 spiro atoms. The maximum absolute atomic E-state index is 12.3. The summed E-state index contributed by atoms with van der Waals surface area (Å²) in [6, 6.07) is 14.0. The van der Waals surface area contributed by atoms with E-state index in [9.17, 15) is 14.4 Å². The molecule has 0 saturated heterocycles. The molecule has 0 radical (unpaired) electrons. The van der Waals surface area contributed by atoms with Crippen LogP contribution in [0.15, 0.2) is 48.5 Å². The zero-order valence-corrected chi connectivity index (χ0v) is 17.4. The van der Waals surface area contributed by atoms with E-state index >= 15 is 0 Å². The van der Waals surface area contributed by atoms with Crippen molar-refractivity contribution in [1.29, 1.82) is 0 Å². The fraction of sp³-hybridized carbons (Fsp3) is 0.318. The van der Waals surface area contributed by atoms with Gasteiger partial charge in [0.25, 0.3) is 5.91 Å². The first-order valence-corrected chi connectivity index (χ1v) is 9.65. The lowest BCUT2D eigenvalue weighted by Gasteiger charge is -2.18. The smallest absolute Gasteiger partial charge is 0.276 e. The van der Waals surface area contributed by atoms with Gasteiger partial charge in [0.1, 0.15) is 0 Å². The zero-order chi connectivity index (χ0) is 21.9. The Labute approximate surface area is 175 Å². The Hall–Kier alpha value is -3.55. The summed E-state index contributed by atoms with van der Waals surface area (Å²) in [5, 5.41) is 2.75. The Balaban J connectivity index is 1.85. The first-order valence-electron chi connectivity index (χ1n) is 9.65. The molecule has 2 aromatic carbocycles. The third kappa shape index (κ3) is 7.46. The van der Waals surface area contributed by atoms with Crippen molar-refractivity contribution in [3.63, 3.8) is 0 Å². The van der Waals surface area contributed by atoms with Crippen molar-refractivity contribution in [3.8, 4) is 11.5 Å². The van der Waals surface area contributed by atoms with Crippen LogP contribution in [0.25, 0.3) is 0 Å². The second-order valence-electron chi connectivity index (χ2n) is 6.63. The summed E-state index contributed by atoms with van der Waals surface area (Å²) in [7, 11) is 0. The summed E-state index contributed by atoms with van der Waals surface area (Å²) in [4.78, 5) is 35.8. The molecule has 3 N–H and O–H groups in total.